The number of aliphatic hydroxyl groups is 1. The zero-order chi connectivity index (χ0) is 13.8. The van der Waals surface area contributed by atoms with Crippen molar-refractivity contribution in [2.75, 3.05) is 13.6 Å². The minimum Gasteiger partial charge on any atom is -0.392 e. The lowest BCUT2D eigenvalue weighted by Crippen LogP contribution is -2.27. The summed E-state index contributed by atoms with van der Waals surface area (Å²) in [4.78, 5) is 0.250. The van der Waals surface area contributed by atoms with E-state index in [1.165, 1.54) is 4.31 Å². The summed E-state index contributed by atoms with van der Waals surface area (Å²) < 4.78 is 25.8. The Morgan fingerprint density at radius 1 is 1.22 bits per heavy atom. The third-order valence-corrected chi connectivity index (χ3v) is 4.83. The van der Waals surface area contributed by atoms with Gasteiger partial charge in [-0.05, 0) is 36.1 Å². The molecule has 0 unspecified atom stereocenters. The molecule has 0 heterocycles. The quantitative estimate of drug-likeness (QED) is 0.858. The summed E-state index contributed by atoms with van der Waals surface area (Å²) >= 11 is 0. The molecule has 0 radical (unpaired) electrons. The van der Waals surface area contributed by atoms with Gasteiger partial charge in [0.1, 0.15) is 0 Å². The number of sulfonamides is 1. The van der Waals surface area contributed by atoms with E-state index in [0.29, 0.717) is 12.1 Å². The molecule has 5 heteroatoms. The molecule has 0 aliphatic rings. The highest BCUT2D eigenvalue weighted by Gasteiger charge is 2.20. The fourth-order valence-electron chi connectivity index (χ4n) is 1.87. The topological polar surface area (TPSA) is 57.6 Å². The second-order valence-electron chi connectivity index (χ2n) is 4.27. The first kappa shape index (κ1) is 15.1. The normalized spacial score (nSPS) is 12.1. The van der Waals surface area contributed by atoms with E-state index in [-0.39, 0.29) is 11.5 Å². The molecule has 0 saturated heterocycles. The molecular formula is C13H21NO3S. The number of aryl methyl sites for hydroxylation is 1. The summed E-state index contributed by atoms with van der Waals surface area (Å²) in [5, 5.41) is 9.27. The predicted molar refractivity (Wildman–Crippen MR) is 71.8 cm³/mol. The van der Waals surface area contributed by atoms with Crippen LogP contribution in [0.3, 0.4) is 0 Å². The number of rotatable bonds is 6. The van der Waals surface area contributed by atoms with Crippen molar-refractivity contribution in [3.63, 3.8) is 0 Å². The molecule has 4 nitrogen and oxygen atoms in total. The minimum absolute atomic E-state index is 0.135. The molecule has 1 aromatic carbocycles. The molecule has 0 spiro atoms. The molecular weight excluding hydrogens is 250 g/mol. The largest absolute Gasteiger partial charge is 0.392 e. The van der Waals surface area contributed by atoms with E-state index >= 15 is 0 Å². The number of hydrogen-bond acceptors (Lipinski definition) is 3. The first-order valence-corrected chi connectivity index (χ1v) is 7.60. The highest BCUT2D eigenvalue weighted by molar-refractivity contribution is 7.89. The Balaban J connectivity index is 3.17. The Morgan fingerprint density at radius 3 is 2.39 bits per heavy atom. The standard InChI is InChI=1S/C13H21NO3S/c1-4-8-14(3)18(16,17)13-7-6-11(5-2)12(9-13)10-15/h6-7,9,15H,4-5,8,10H2,1-3H3. The maximum atomic E-state index is 12.2. The number of benzene rings is 1. The average Bonchev–Trinajstić information content (AvgIpc) is 2.38. The van der Waals surface area contributed by atoms with Crippen molar-refractivity contribution in [2.24, 2.45) is 0 Å². The highest BCUT2D eigenvalue weighted by atomic mass is 32.2. The van der Waals surface area contributed by atoms with E-state index in [2.05, 4.69) is 0 Å². The molecule has 0 atom stereocenters. The van der Waals surface area contributed by atoms with Gasteiger partial charge in [-0.1, -0.05) is 19.9 Å². The third-order valence-electron chi connectivity index (χ3n) is 2.98. The zero-order valence-corrected chi connectivity index (χ0v) is 12.0. The Hall–Kier alpha value is -0.910. The van der Waals surface area contributed by atoms with Crippen LogP contribution in [-0.2, 0) is 23.1 Å². The Morgan fingerprint density at radius 2 is 1.89 bits per heavy atom. The van der Waals surface area contributed by atoms with E-state index in [1.54, 1.807) is 25.2 Å². The van der Waals surface area contributed by atoms with Crippen LogP contribution in [0.25, 0.3) is 0 Å². The number of aliphatic hydroxyl groups excluding tert-OH is 1. The van der Waals surface area contributed by atoms with Gasteiger partial charge >= 0.3 is 0 Å². The molecule has 102 valence electrons. The smallest absolute Gasteiger partial charge is 0.242 e. The molecule has 0 saturated carbocycles. The number of hydrogen-bond donors (Lipinski definition) is 1. The van der Waals surface area contributed by atoms with Crippen LogP contribution in [0.5, 0.6) is 0 Å². The predicted octanol–water partition coefficient (Wildman–Crippen LogP) is 1.77. The monoisotopic (exact) mass is 271 g/mol. The van der Waals surface area contributed by atoms with Crippen LogP contribution in [0.4, 0.5) is 0 Å². The van der Waals surface area contributed by atoms with E-state index < -0.39 is 10.0 Å². The summed E-state index contributed by atoms with van der Waals surface area (Å²) in [6.45, 7) is 4.27. The maximum Gasteiger partial charge on any atom is 0.242 e. The molecule has 0 aromatic heterocycles. The third kappa shape index (κ3) is 3.10. The van der Waals surface area contributed by atoms with E-state index in [9.17, 15) is 13.5 Å². The van der Waals surface area contributed by atoms with Crippen molar-refractivity contribution in [3.8, 4) is 0 Å². The summed E-state index contributed by atoms with van der Waals surface area (Å²) in [6, 6.07) is 4.96. The van der Waals surface area contributed by atoms with Gasteiger partial charge in [0, 0.05) is 13.6 Å². The van der Waals surface area contributed by atoms with E-state index in [0.717, 1.165) is 18.4 Å². The molecule has 0 bridgehead atoms. The summed E-state index contributed by atoms with van der Waals surface area (Å²) in [5.74, 6) is 0. The Labute approximate surface area is 109 Å². The SMILES string of the molecule is CCCN(C)S(=O)(=O)c1ccc(CC)c(CO)c1. The lowest BCUT2D eigenvalue weighted by atomic mass is 10.1. The second-order valence-corrected chi connectivity index (χ2v) is 6.31. The van der Waals surface area contributed by atoms with Gasteiger partial charge in [-0.25, -0.2) is 12.7 Å². The van der Waals surface area contributed by atoms with E-state index in [4.69, 9.17) is 0 Å². The van der Waals surface area contributed by atoms with E-state index in [1.807, 2.05) is 13.8 Å². The van der Waals surface area contributed by atoms with Crippen LogP contribution in [0.15, 0.2) is 23.1 Å². The van der Waals surface area contributed by atoms with Gasteiger partial charge in [-0.3, -0.25) is 0 Å². The summed E-state index contributed by atoms with van der Waals surface area (Å²) in [7, 11) is -1.86. The highest BCUT2D eigenvalue weighted by Crippen LogP contribution is 2.19. The van der Waals surface area contributed by atoms with Gasteiger partial charge < -0.3 is 5.11 Å². The zero-order valence-electron chi connectivity index (χ0n) is 11.2. The molecule has 1 aromatic rings. The first-order chi connectivity index (χ1) is 8.47. The van der Waals surface area contributed by atoms with Crippen LogP contribution in [0.2, 0.25) is 0 Å². The Bertz CT molecular complexity index is 497. The van der Waals surface area contributed by atoms with Gasteiger partial charge in [0.05, 0.1) is 11.5 Å². The van der Waals surface area contributed by atoms with Crippen molar-refractivity contribution in [1.82, 2.24) is 4.31 Å². The van der Waals surface area contributed by atoms with Crippen molar-refractivity contribution in [1.29, 1.82) is 0 Å². The van der Waals surface area contributed by atoms with Crippen molar-refractivity contribution in [3.05, 3.63) is 29.3 Å². The lowest BCUT2D eigenvalue weighted by molar-refractivity contribution is 0.280. The number of nitrogens with zero attached hydrogens (tertiary/aromatic N) is 1. The van der Waals surface area contributed by atoms with Gasteiger partial charge in [-0.2, -0.15) is 0 Å². The van der Waals surface area contributed by atoms with Gasteiger partial charge in [0.15, 0.2) is 0 Å². The van der Waals surface area contributed by atoms with Crippen LogP contribution >= 0.6 is 0 Å². The van der Waals surface area contributed by atoms with Crippen molar-refractivity contribution >= 4 is 10.0 Å². The van der Waals surface area contributed by atoms with Crippen molar-refractivity contribution < 1.29 is 13.5 Å². The average molecular weight is 271 g/mol. The van der Waals surface area contributed by atoms with Gasteiger partial charge in [-0.15, -0.1) is 0 Å². The van der Waals surface area contributed by atoms with Crippen LogP contribution < -0.4 is 0 Å². The van der Waals surface area contributed by atoms with Crippen molar-refractivity contribution in [2.45, 2.75) is 38.2 Å². The second kappa shape index (κ2) is 6.31. The minimum atomic E-state index is -3.44. The first-order valence-electron chi connectivity index (χ1n) is 6.16. The van der Waals surface area contributed by atoms with Crippen LogP contribution in [0, 0.1) is 0 Å². The molecule has 0 amide bonds. The fraction of sp³-hybridized carbons (Fsp3) is 0.538. The Kier molecular flexibility index (Phi) is 5.31. The summed E-state index contributed by atoms with van der Waals surface area (Å²) in [5.41, 5.74) is 1.66. The molecule has 1 rings (SSSR count). The van der Waals surface area contributed by atoms with Gasteiger partial charge in [0.25, 0.3) is 0 Å². The van der Waals surface area contributed by atoms with Crippen LogP contribution in [0.1, 0.15) is 31.4 Å². The molecule has 18 heavy (non-hydrogen) atoms. The van der Waals surface area contributed by atoms with Gasteiger partial charge in [0.2, 0.25) is 10.0 Å². The molecule has 1 N–H and O–H groups in total. The fourth-order valence-corrected chi connectivity index (χ4v) is 3.18. The molecule has 0 aliphatic carbocycles. The van der Waals surface area contributed by atoms with Crippen LogP contribution in [-0.4, -0.2) is 31.4 Å². The maximum absolute atomic E-state index is 12.2. The lowest BCUT2D eigenvalue weighted by Gasteiger charge is -2.17. The molecule has 0 aliphatic heterocycles. The molecule has 0 fully saturated rings. The summed E-state index contributed by atoms with van der Waals surface area (Å²) in [6.07, 6.45) is 1.55.